The van der Waals surface area contributed by atoms with Crippen LogP contribution in [0.1, 0.15) is 41.5 Å². The predicted molar refractivity (Wildman–Crippen MR) is 123 cm³/mol. The van der Waals surface area contributed by atoms with Gasteiger partial charge in [0.25, 0.3) is 5.56 Å². The lowest BCUT2D eigenvalue weighted by Gasteiger charge is -2.27. The fourth-order valence-electron chi connectivity index (χ4n) is 3.77. The second-order valence-electron chi connectivity index (χ2n) is 7.61. The van der Waals surface area contributed by atoms with Crippen molar-refractivity contribution in [1.29, 1.82) is 0 Å². The first-order valence-electron chi connectivity index (χ1n) is 10.3. The van der Waals surface area contributed by atoms with Crippen LogP contribution in [-0.4, -0.2) is 22.1 Å². The van der Waals surface area contributed by atoms with Crippen LogP contribution in [0.15, 0.2) is 58.5 Å². The largest absolute Gasteiger partial charge is 0.494 e. The zero-order valence-electron chi connectivity index (χ0n) is 17.8. The number of benzene rings is 2. The van der Waals surface area contributed by atoms with E-state index in [-0.39, 0.29) is 23.8 Å². The summed E-state index contributed by atoms with van der Waals surface area (Å²) in [7, 11) is 1.84. The minimum atomic E-state index is -0.355. The molecule has 1 unspecified atom stereocenters. The normalized spacial score (nSPS) is 15.3. The molecular formula is C24H25N3O3S. The Morgan fingerprint density at radius 1 is 1.19 bits per heavy atom. The van der Waals surface area contributed by atoms with E-state index < -0.39 is 0 Å². The summed E-state index contributed by atoms with van der Waals surface area (Å²) in [4.78, 5) is 30.0. The van der Waals surface area contributed by atoms with Gasteiger partial charge >= 0.3 is 0 Å². The number of hydrogen-bond acceptors (Lipinski definition) is 5. The van der Waals surface area contributed by atoms with Crippen molar-refractivity contribution in [3.63, 3.8) is 0 Å². The highest BCUT2D eigenvalue weighted by Gasteiger charge is 2.32. The SMILES string of the molecule is CCOc1cccc(C2CC(=O)Nc3c2c(=O)nc(SCc2ccc(C)cc2)n3C)c1. The number of nitrogens with zero attached hydrogens (tertiary/aromatic N) is 2. The molecule has 0 radical (unpaired) electrons. The Morgan fingerprint density at radius 2 is 1.97 bits per heavy atom. The van der Waals surface area contributed by atoms with Crippen LogP contribution in [0.4, 0.5) is 5.82 Å². The Labute approximate surface area is 185 Å². The van der Waals surface area contributed by atoms with Gasteiger partial charge in [-0.15, -0.1) is 0 Å². The van der Waals surface area contributed by atoms with Crippen LogP contribution < -0.4 is 15.6 Å². The van der Waals surface area contributed by atoms with Crippen LogP contribution in [-0.2, 0) is 17.6 Å². The number of anilines is 1. The van der Waals surface area contributed by atoms with Crippen LogP contribution in [0.3, 0.4) is 0 Å². The molecule has 0 saturated carbocycles. The number of rotatable bonds is 6. The Morgan fingerprint density at radius 3 is 2.71 bits per heavy atom. The van der Waals surface area contributed by atoms with E-state index in [2.05, 4.69) is 41.5 Å². The van der Waals surface area contributed by atoms with Gasteiger partial charge in [0.1, 0.15) is 11.6 Å². The van der Waals surface area contributed by atoms with Crippen molar-refractivity contribution < 1.29 is 9.53 Å². The first-order chi connectivity index (χ1) is 15.0. The average Bonchev–Trinajstić information content (AvgIpc) is 2.76. The summed E-state index contributed by atoms with van der Waals surface area (Å²) < 4.78 is 7.42. The van der Waals surface area contributed by atoms with E-state index in [1.807, 2.05) is 42.8 Å². The molecule has 3 aromatic rings. The number of hydrogen-bond donors (Lipinski definition) is 1. The standard InChI is InChI=1S/C24H25N3O3S/c1-4-30-18-7-5-6-17(12-18)19-13-20(28)25-22-21(19)23(29)26-24(27(22)3)31-14-16-10-8-15(2)9-11-16/h5-12,19H,4,13-14H2,1-3H3,(H,25,28). The van der Waals surface area contributed by atoms with E-state index in [4.69, 9.17) is 4.74 Å². The number of fused-ring (bicyclic) bond motifs is 1. The summed E-state index contributed by atoms with van der Waals surface area (Å²) in [5, 5.41) is 3.47. The Balaban J connectivity index is 1.69. The van der Waals surface area contributed by atoms with E-state index in [1.165, 1.54) is 17.3 Å². The molecule has 1 amide bonds. The minimum absolute atomic E-state index is 0.116. The lowest BCUT2D eigenvalue weighted by molar-refractivity contribution is -0.116. The topological polar surface area (TPSA) is 73.2 Å². The number of carbonyl (C=O) groups excluding carboxylic acids is 1. The van der Waals surface area contributed by atoms with Gasteiger partial charge < -0.3 is 14.6 Å². The number of carbonyl (C=O) groups is 1. The summed E-state index contributed by atoms with van der Waals surface area (Å²) in [5.74, 6) is 1.46. The highest BCUT2D eigenvalue weighted by Crippen LogP contribution is 2.37. The van der Waals surface area contributed by atoms with Gasteiger partial charge in [-0.3, -0.25) is 9.59 Å². The van der Waals surface area contributed by atoms with Gasteiger partial charge in [0.15, 0.2) is 5.16 Å². The maximum atomic E-state index is 13.1. The second kappa shape index (κ2) is 8.98. The van der Waals surface area contributed by atoms with Gasteiger partial charge in [-0.25, -0.2) is 0 Å². The van der Waals surface area contributed by atoms with Crippen molar-refractivity contribution in [2.24, 2.45) is 7.05 Å². The zero-order valence-corrected chi connectivity index (χ0v) is 18.7. The molecule has 1 aromatic heterocycles. The summed E-state index contributed by atoms with van der Waals surface area (Å²) >= 11 is 1.48. The molecular weight excluding hydrogens is 410 g/mol. The van der Waals surface area contributed by atoms with Crippen LogP contribution >= 0.6 is 11.8 Å². The molecule has 31 heavy (non-hydrogen) atoms. The van der Waals surface area contributed by atoms with Gasteiger partial charge in [-0.05, 0) is 37.1 Å². The van der Waals surface area contributed by atoms with Gasteiger partial charge in [-0.1, -0.05) is 53.7 Å². The van der Waals surface area contributed by atoms with Gasteiger partial charge in [0.2, 0.25) is 5.91 Å². The highest BCUT2D eigenvalue weighted by atomic mass is 32.2. The zero-order chi connectivity index (χ0) is 22.0. The first kappa shape index (κ1) is 21.2. The van der Waals surface area contributed by atoms with Crippen LogP contribution in [0, 0.1) is 6.92 Å². The molecule has 0 spiro atoms. The van der Waals surface area contributed by atoms with Crippen molar-refractivity contribution in [3.8, 4) is 5.75 Å². The molecule has 0 aliphatic carbocycles. The third-order valence-corrected chi connectivity index (χ3v) is 6.46. The third-order valence-electron chi connectivity index (χ3n) is 5.36. The average molecular weight is 436 g/mol. The number of ether oxygens (including phenoxy) is 1. The van der Waals surface area contributed by atoms with E-state index in [1.54, 1.807) is 0 Å². The van der Waals surface area contributed by atoms with Crippen LogP contribution in [0.5, 0.6) is 5.75 Å². The van der Waals surface area contributed by atoms with Gasteiger partial charge in [-0.2, -0.15) is 4.98 Å². The Bertz CT molecular complexity index is 1170. The van der Waals surface area contributed by atoms with Crippen LogP contribution in [0.2, 0.25) is 0 Å². The summed E-state index contributed by atoms with van der Waals surface area (Å²) in [5.41, 5.74) is 3.45. The quantitative estimate of drug-likeness (QED) is 0.463. The van der Waals surface area contributed by atoms with Crippen molar-refractivity contribution in [2.75, 3.05) is 11.9 Å². The van der Waals surface area contributed by atoms with Gasteiger partial charge in [0.05, 0.1) is 12.2 Å². The minimum Gasteiger partial charge on any atom is -0.494 e. The fourth-order valence-corrected chi connectivity index (χ4v) is 4.69. The molecule has 0 bridgehead atoms. The number of aromatic nitrogens is 2. The monoisotopic (exact) mass is 435 g/mol. The molecule has 2 aromatic carbocycles. The lowest BCUT2D eigenvalue weighted by atomic mass is 9.86. The van der Waals surface area contributed by atoms with Crippen molar-refractivity contribution in [1.82, 2.24) is 9.55 Å². The number of thioether (sulfide) groups is 1. The molecule has 1 aliphatic heterocycles. The molecule has 160 valence electrons. The summed E-state index contributed by atoms with van der Waals surface area (Å²) in [6.07, 6.45) is 0.204. The summed E-state index contributed by atoms with van der Waals surface area (Å²) in [6.45, 7) is 4.52. The third kappa shape index (κ3) is 4.51. The van der Waals surface area contributed by atoms with Crippen molar-refractivity contribution in [2.45, 2.75) is 37.1 Å². The Hall–Kier alpha value is -3.06. The molecule has 1 aliphatic rings. The maximum absolute atomic E-state index is 13.1. The predicted octanol–water partition coefficient (Wildman–Crippen LogP) is 4.25. The molecule has 7 heteroatoms. The van der Waals surface area contributed by atoms with Gasteiger partial charge in [0, 0.05) is 25.1 Å². The summed E-state index contributed by atoms with van der Waals surface area (Å²) in [6, 6.07) is 15.9. The van der Waals surface area contributed by atoms with E-state index in [9.17, 15) is 9.59 Å². The molecule has 1 atom stereocenters. The Kier molecular flexibility index (Phi) is 6.13. The van der Waals surface area contributed by atoms with E-state index >= 15 is 0 Å². The second-order valence-corrected chi connectivity index (χ2v) is 8.55. The van der Waals surface area contributed by atoms with Crippen molar-refractivity contribution in [3.05, 3.63) is 81.1 Å². The number of amides is 1. The lowest BCUT2D eigenvalue weighted by Crippen LogP contribution is -2.33. The molecule has 0 fully saturated rings. The first-order valence-corrected chi connectivity index (χ1v) is 11.3. The number of aryl methyl sites for hydroxylation is 1. The van der Waals surface area contributed by atoms with E-state index in [0.717, 1.165) is 16.9 Å². The molecule has 2 heterocycles. The molecule has 4 rings (SSSR count). The highest BCUT2D eigenvalue weighted by molar-refractivity contribution is 7.98. The smallest absolute Gasteiger partial charge is 0.279 e. The van der Waals surface area contributed by atoms with E-state index in [0.29, 0.717) is 28.9 Å². The molecule has 1 N–H and O–H groups in total. The van der Waals surface area contributed by atoms with Crippen LogP contribution in [0.25, 0.3) is 0 Å². The van der Waals surface area contributed by atoms with Crippen molar-refractivity contribution >= 4 is 23.5 Å². The fraction of sp³-hybridized carbons (Fsp3) is 0.292. The molecule has 0 saturated heterocycles. The molecule has 6 nitrogen and oxygen atoms in total. The number of nitrogens with one attached hydrogen (secondary N) is 1. The maximum Gasteiger partial charge on any atom is 0.279 e.